The van der Waals surface area contributed by atoms with E-state index in [4.69, 9.17) is 11.6 Å². The molecule has 1 fully saturated rings. The lowest BCUT2D eigenvalue weighted by Crippen LogP contribution is -2.42. The minimum atomic E-state index is -0.842. The lowest BCUT2D eigenvalue weighted by Gasteiger charge is -2.38. The van der Waals surface area contributed by atoms with Gasteiger partial charge in [-0.05, 0) is 54.7 Å². The first-order valence-corrected chi connectivity index (χ1v) is 9.57. The maximum atomic E-state index is 12.9. The number of halogens is 2. The summed E-state index contributed by atoms with van der Waals surface area (Å²) in [6, 6.07) is 11.6. The third-order valence-corrected chi connectivity index (χ3v) is 5.69. The van der Waals surface area contributed by atoms with Crippen LogP contribution in [0.3, 0.4) is 0 Å². The number of hydrogen-bond donors (Lipinski definition) is 2. The molecule has 0 saturated carbocycles. The lowest BCUT2D eigenvalue weighted by molar-refractivity contribution is -0.0234. The molecule has 0 spiro atoms. The van der Waals surface area contributed by atoms with Gasteiger partial charge in [-0.25, -0.2) is 4.39 Å². The number of hydrogen-bond acceptors (Lipinski definition) is 3. The first-order chi connectivity index (χ1) is 12.9. The Morgan fingerprint density at radius 3 is 2.48 bits per heavy atom. The van der Waals surface area contributed by atoms with E-state index in [2.05, 4.69) is 4.90 Å². The van der Waals surface area contributed by atoms with Crippen LogP contribution in [0.2, 0.25) is 5.02 Å². The van der Waals surface area contributed by atoms with E-state index in [0.29, 0.717) is 30.0 Å². The number of benzene rings is 2. The highest BCUT2D eigenvalue weighted by atomic mass is 35.5. The molecule has 0 amide bonds. The Kier molecular flexibility index (Phi) is 6.33. The van der Waals surface area contributed by atoms with Crippen LogP contribution in [-0.2, 0) is 5.60 Å². The molecule has 5 heteroatoms. The molecule has 1 unspecified atom stereocenters. The number of aryl methyl sites for hydroxylation is 1. The van der Waals surface area contributed by atoms with Gasteiger partial charge in [0.2, 0.25) is 0 Å². The molecule has 1 atom stereocenters. The summed E-state index contributed by atoms with van der Waals surface area (Å²) < 4.78 is 12.9. The van der Waals surface area contributed by atoms with Crippen LogP contribution in [-0.4, -0.2) is 34.7 Å². The second kappa shape index (κ2) is 8.53. The van der Waals surface area contributed by atoms with Crippen molar-refractivity contribution in [3.63, 3.8) is 0 Å². The lowest BCUT2D eigenvalue weighted by atomic mass is 9.84. The molecular formula is C22H25ClFNO2. The van der Waals surface area contributed by atoms with Crippen LogP contribution in [0, 0.1) is 12.7 Å². The number of aliphatic hydroxyl groups is 2. The van der Waals surface area contributed by atoms with E-state index < -0.39 is 11.7 Å². The van der Waals surface area contributed by atoms with Gasteiger partial charge in [-0.2, -0.15) is 0 Å². The maximum Gasteiger partial charge on any atom is 0.123 e. The molecule has 0 aliphatic carbocycles. The van der Waals surface area contributed by atoms with Gasteiger partial charge < -0.3 is 10.2 Å². The van der Waals surface area contributed by atoms with Gasteiger partial charge in [0.1, 0.15) is 5.82 Å². The van der Waals surface area contributed by atoms with Crippen molar-refractivity contribution < 1.29 is 14.6 Å². The van der Waals surface area contributed by atoms with E-state index in [-0.39, 0.29) is 5.82 Å². The Bertz CT molecular complexity index is 798. The molecule has 3 rings (SSSR count). The molecule has 2 aromatic carbocycles. The topological polar surface area (TPSA) is 43.7 Å². The maximum absolute atomic E-state index is 12.9. The molecule has 1 heterocycles. The van der Waals surface area contributed by atoms with Crippen LogP contribution >= 0.6 is 11.6 Å². The second-order valence-corrected chi connectivity index (χ2v) is 7.63. The molecule has 3 nitrogen and oxygen atoms in total. The van der Waals surface area contributed by atoms with Crippen molar-refractivity contribution in [2.45, 2.75) is 31.5 Å². The minimum Gasteiger partial charge on any atom is -0.385 e. The quantitative estimate of drug-likeness (QED) is 0.747. The zero-order valence-electron chi connectivity index (χ0n) is 15.4. The number of nitrogens with zero attached hydrogens (tertiary/aromatic N) is 1. The molecule has 1 saturated heterocycles. The van der Waals surface area contributed by atoms with Crippen molar-refractivity contribution in [2.24, 2.45) is 0 Å². The minimum absolute atomic E-state index is 0.314. The molecule has 0 bridgehead atoms. The first-order valence-electron chi connectivity index (χ1n) is 9.19. The normalized spacial score (nSPS) is 18.7. The highest BCUT2D eigenvalue weighted by Gasteiger charge is 2.33. The molecular weight excluding hydrogens is 365 g/mol. The monoisotopic (exact) mass is 389 g/mol. The van der Waals surface area contributed by atoms with Gasteiger partial charge in [0.15, 0.2) is 0 Å². The van der Waals surface area contributed by atoms with Gasteiger partial charge in [-0.1, -0.05) is 48.0 Å². The average molecular weight is 390 g/mol. The first kappa shape index (κ1) is 20.0. The number of rotatable bonds is 5. The van der Waals surface area contributed by atoms with Gasteiger partial charge in [-0.3, -0.25) is 4.90 Å². The van der Waals surface area contributed by atoms with E-state index >= 15 is 0 Å². The van der Waals surface area contributed by atoms with Crippen molar-refractivity contribution in [1.29, 1.82) is 0 Å². The summed E-state index contributed by atoms with van der Waals surface area (Å²) in [7, 11) is 0. The van der Waals surface area contributed by atoms with Gasteiger partial charge in [0.05, 0.1) is 11.7 Å². The van der Waals surface area contributed by atoms with Crippen molar-refractivity contribution in [3.8, 4) is 0 Å². The molecule has 27 heavy (non-hydrogen) atoms. The van der Waals surface area contributed by atoms with Crippen LogP contribution in [0.15, 0.2) is 54.6 Å². The predicted molar refractivity (Wildman–Crippen MR) is 106 cm³/mol. The Morgan fingerprint density at radius 1 is 1.19 bits per heavy atom. The van der Waals surface area contributed by atoms with Gasteiger partial charge in [0.25, 0.3) is 0 Å². The fourth-order valence-electron chi connectivity index (χ4n) is 3.39. The van der Waals surface area contributed by atoms with Crippen LogP contribution < -0.4 is 0 Å². The van der Waals surface area contributed by atoms with Crippen molar-refractivity contribution in [3.05, 3.63) is 82.1 Å². The van der Waals surface area contributed by atoms with Crippen molar-refractivity contribution in [2.75, 3.05) is 19.6 Å². The van der Waals surface area contributed by atoms with Crippen molar-refractivity contribution in [1.82, 2.24) is 4.90 Å². The fourth-order valence-corrected chi connectivity index (χ4v) is 3.57. The summed E-state index contributed by atoms with van der Waals surface area (Å²) in [5, 5.41) is 21.8. The molecule has 0 aromatic heterocycles. The summed E-state index contributed by atoms with van der Waals surface area (Å²) in [6.07, 6.45) is 4.16. The Morgan fingerprint density at radius 2 is 1.85 bits per heavy atom. The van der Waals surface area contributed by atoms with Crippen LogP contribution in [0.25, 0.3) is 0 Å². The zero-order chi connectivity index (χ0) is 19.4. The second-order valence-electron chi connectivity index (χ2n) is 7.22. The summed E-state index contributed by atoms with van der Waals surface area (Å²) in [4.78, 5) is 2.23. The molecule has 1 aliphatic rings. The predicted octanol–water partition coefficient (Wildman–Crippen LogP) is 4.36. The van der Waals surface area contributed by atoms with E-state index in [1.807, 2.05) is 31.2 Å². The van der Waals surface area contributed by atoms with Crippen LogP contribution in [0.5, 0.6) is 0 Å². The SMILES string of the molecule is Cc1ccc(C2(O)CCN(CC=CC(O)c3ccc(F)cc3)CC2)cc1Cl. The summed E-state index contributed by atoms with van der Waals surface area (Å²) in [5.74, 6) is -0.314. The summed E-state index contributed by atoms with van der Waals surface area (Å²) >= 11 is 6.21. The van der Waals surface area contributed by atoms with Crippen LogP contribution in [0.4, 0.5) is 4.39 Å². The average Bonchev–Trinajstić information content (AvgIpc) is 2.66. The Hall–Kier alpha value is -1.72. The smallest absolute Gasteiger partial charge is 0.123 e. The molecule has 2 N–H and O–H groups in total. The van der Waals surface area contributed by atoms with Gasteiger partial charge in [-0.15, -0.1) is 0 Å². The summed E-state index contributed by atoms with van der Waals surface area (Å²) in [6.45, 7) is 4.17. The Balaban J connectivity index is 1.53. The van der Waals surface area contributed by atoms with Crippen molar-refractivity contribution >= 4 is 11.6 Å². The number of piperidine rings is 1. The standard InChI is InChI=1S/C22H25ClFNO2/c1-16-4-7-18(15-20(16)23)22(27)10-13-25(14-11-22)12-2-3-21(26)17-5-8-19(24)9-6-17/h2-9,15,21,26-27H,10-14H2,1H3. The Labute approximate surface area is 164 Å². The van der Waals surface area contributed by atoms with Gasteiger partial charge in [0, 0.05) is 24.7 Å². The largest absolute Gasteiger partial charge is 0.385 e. The zero-order valence-corrected chi connectivity index (χ0v) is 16.2. The number of aliphatic hydroxyl groups excluding tert-OH is 1. The highest BCUT2D eigenvalue weighted by Crippen LogP contribution is 2.34. The van der Waals surface area contributed by atoms with Gasteiger partial charge >= 0.3 is 0 Å². The van der Waals surface area contributed by atoms with Crippen LogP contribution in [0.1, 0.15) is 35.6 Å². The third-order valence-electron chi connectivity index (χ3n) is 5.29. The third kappa shape index (κ3) is 4.96. The van der Waals surface area contributed by atoms with E-state index in [9.17, 15) is 14.6 Å². The van der Waals surface area contributed by atoms with E-state index in [0.717, 1.165) is 24.2 Å². The highest BCUT2D eigenvalue weighted by molar-refractivity contribution is 6.31. The molecule has 144 valence electrons. The molecule has 1 aliphatic heterocycles. The van der Waals surface area contributed by atoms with E-state index in [1.54, 1.807) is 18.2 Å². The fraction of sp³-hybridized carbons (Fsp3) is 0.364. The van der Waals surface area contributed by atoms with E-state index in [1.165, 1.54) is 12.1 Å². The molecule has 0 radical (unpaired) electrons. The summed E-state index contributed by atoms with van der Waals surface area (Å²) in [5.41, 5.74) is 1.70. The molecule has 2 aromatic rings. The number of likely N-dealkylation sites (tertiary alicyclic amines) is 1.